The van der Waals surface area contributed by atoms with Crippen LogP contribution in [0.15, 0.2) is 58.2 Å². The molecule has 0 aliphatic carbocycles. The first-order valence-electron chi connectivity index (χ1n) is 7.58. The molecule has 0 amide bonds. The van der Waals surface area contributed by atoms with Crippen molar-refractivity contribution >= 4 is 15.7 Å². The zero-order valence-corrected chi connectivity index (χ0v) is 14.9. The van der Waals surface area contributed by atoms with E-state index in [2.05, 4.69) is 9.71 Å². The van der Waals surface area contributed by atoms with Crippen molar-refractivity contribution in [1.29, 1.82) is 0 Å². The normalized spacial score (nSPS) is 11.3. The van der Waals surface area contributed by atoms with E-state index < -0.39 is 10.0 Å². The molecule has 0 saturated carbocycles. The molecule has 1 N–H and O–H groups in total. The number of oxazole rings is 1. The van der Waals surface area contributed by atoms with Gasteiger partial charge in [-0.25, -0.2) is 13.4 Å². The second-order valence-electron chi connectivity index (χ2n) is 5.60. The maximum atomic E-state index is 12.7. The predicted molar refractivity (Wildman–Crippen MR) is 95.2 cm³/mol. The van der Waals surface area contributed by atoms with Crippen LogP contribution in [0, 0.1) is 13.8 Å². The van der Waals surface area contributed by atoms with E-state index in [4.69, 9.17) is 9.15 Å². The number of rotatable bonds is 5. The number of sulfonamides is 1. The third kappa shape index (κ3) is 3.51. The number of benzene rings is 2. The summed E-state index contributed by atoms with van der Waals surface area (Å²) in [7, 11) is -2.21. The molecule has 0 aliphatic rings. The predicted octanol–water partition coefficient (Wildman–Crippen LogP) is 3.77. The van der Waals surface area contributed by atoms with E-state index in [1.807, 2.05) is 13.8 Å². The molecule has 6 nitrogen and oxygen atoms in total. The molecular weight excluding hydrogens is 340 g/mol. The second kappa shape index (κ2) is 6.60. The van der Waals surface area contributed by atoms with E-state index >= 15 is 0 Å². The van der Waals surface area contributed by atoms with Crippen LogP contribution in [-0.4, -0.2) is 20.5 Å². The van der Waals surface area contributed by atoms with Crippen LogP contribution < -0.4 is 9.46 Å². The van der Waals surface area contributed by atoms with Crippen molar-refractivity contribution < 1.29 is 17.6 Å². The van der Waals surface area contributed by atoms with Crippen LogP contribution in [-0.2, 0) is 10.0 Å². The second-order valence-corrected chi connectivity index (χ2v) is 7.28. The molecule has 0 fully saturated rings. The molecule has 3 rings (SSSR count). The lowest BCUT2D eigenvalue weighted by Crippen LogP contribution is -2.14. The van der Waals surface area contributed by atoms with Crippen LogP contribution in [0.2, 0.25) is 0 Å². The number of methoxy groups -OCH3 is 1. The third-order valence-corrected chi connectivity index (χ3v) is 5.29. The van der Waals surface area contributed by atoms with Gasteiger partial charge in [-0.2, -0.15) is 0 Å². The minimum absolute atomic E-state index is 0.199. The Kier molecular flexibility index (Phi) is 4.50. The number of nitrogens with zero attached hydrogens (tertiary/aromatic N) is 1. The molecule has 0 saturated heterocycles. The van der Waals surface area contributed by atoms with Crippen LogP contribution in [0.4, 0.5) is 5.69 Å². The lowest BCUT2D eigenvalue weighted by molar-refractivity contribution is 0.415. The smallest absolute Gasteiger partial charge is 0.261 e. The van der Waals surface area contributed by atoms with Crippen molar-refractivity contribution in [1.82, 2.24) is 4.98 Å². The van der Waals surface area contributed by atoms with Gasteiger partial charge in [0.15, 0.2) is 0 Å². The molecule has 0 unspecified atom stereocenters. The first kappa shape index (κ1) is 17.0. The van der Waals surface area contributed by atoms with Gasteiger partial charge in [-0.15, -0.1) is 0 Å². The lowest BCUT2D eigenvalue weighted by atomic mass is 10.1. The molecule has 2 aromatic carbocycles. The van der Waals surface area contributed by atoms with E-state index in [0.29, 0.717) is 22.9 Å². The highest BCUT2D eigenvalue weighted by molar-refractivity contribution is 7.92. The van der Waals surface area contributed by atoms with Gasteiger partial charge in [-0.3, -0.25) is 4.72 Å². The number of aromatic nitrogens is 1. The van der Waals surface area contributed by atoms with Gasteiger partial charge in [0, 0.05) is 0 Å². The van der Waals surface area contributed by atoms with Crippen molar-refractivity contribution in [2.75, 3.05) is 11.8 Å². The highest BCUT2D eigenvalue weighted by atomic mass is 32.2. The molecule has 0 radical (unpaired) electrons. The van der Waals surface area contributed by atoms with Crippen LogP contribution >= 0.6 is 0 Å². The Morgan fingerprint density at radius 2 is 1.88 bits per heavy atom. The lowest BCUT2D eigenvalue weighted by Gasteiger charge is -2.13. The van der Waals surface area contributed by atoms with Gasteiger partial charge in [0.1, 0.15) is 12.0 Å². The summed E-state index contributed by atoms with van der Waals surface area (Å²) < 4.78 is 38.6. The Morgan fingerprint density at radius 3 is 2.52 bits per heavy atom. The number of aryl methyl sites for hydroxylation is 2. The first-order valence-corrected chi connectivity index (χ1v) is 9.07. The molecule has 0 spiro atoms. The molecule has 130 valence electrons. The van der Waals surface area contributed by atoms with Gasteiger partial charge >= 0.3 is 0 Å². The SMILES string of the molecule is COc1ccc(NS(=O)(=O)c2ccc(C)c(C)c2)c(-c2ncco2)c1. The quantitative estimate of drug-likeness (QED) is 0.751. The molecular formula is C18H18N2O4S. The number of nitrogens with one attached hydrogen (secondary N) is 1. The van der Waals surface area contributed by atoms with E-state index in [-0.39, 0.29) is 4.90 Å². The highest BCUT2D eigenvalue weighted by Crippen LogP contribution is 2.32. The van der Waals surface area contributed by atoms with E-state index in [1.165, 1.54) is 19.6 Å². The summed E-state index contributed by atoms with van der Waals surface area (Å²) in [4.78, 5) is 4.29. The van der Waals surface area contributed by atoms with E-state index in [9.17, 15) is 8.42 Å². The van der Waals surface area contributed by atoms with Crippen LogP contribution in [0.3, 0.4) is 0 Å². The maximum Gasteiger partial charge on any atom is 0.261 e. The Morgan fingerprint density at radius 1 is 1.08 bits per heavy atom. The Hall–Kier alpha value is -2.80. The molecule has 1 aromatic heterocycles. The van der Waals surface area contributed by atoms with Crippen LogP contribution in [0.25, 0.3) is 11.5 Å². The highest BCUT2D eigenvalue weighted by Gasteiger charge is 2.19. The van der Waals surface area contributed by atoms with Gasteiger partial charge < -0.3 is 9.15 Å². The van der Waals surface area contributed by atoms with Gasteiger partial charge in [0.05, 0.1) is 29.5 Å². The Bertz CT molecular complexity index is 996. The molecule has 0 aliphatic heterocycles. The summed E-state index contributed by atoms with van der Waals surface area (Å²) in [6.45, 7) is 3.81. The molecule has 0 atom stereocenters. The molecule has 0 bridgehead atoms. The van der Waals surface area contributed by atoms with Gasteiger partial charge in [-0.1, -0.05) is 6.07 Å². The third-order valence-electron chi connectivity index (χ3n) is 3.92. The summed E-state index contributed by atoms with van der Waals surface area (Å²) >= 11 is 0. The van der Waals surface area contributed by atoms with Gasteiger partial charge in [-0.05, 0) is 55.3 Å². The summed E-state index contributed by atoms with van der Waals surface area (Å²) in [6.07, 6.45) is 2.92. The number of hydrogen-bond donors (Lipinski definition) is 1. The average molecular weight is 358 g/mol. The van der Waals surface area contributed by atoms with E-state index in [1.54, 1.807) is 36.4 Å². The Balaban J connectivity index is 2.03. The topological polar surface area (TPSA) is 81.4 Å². The van der Waals surface area contributed by atoms with E-state index in [0.717, 1.165) is 11.1 Å². The first-order chi connectivity index (χ1) is 11.9. The number of ether oxygens (including phenoxy) is 1. The van der Waals surface area contributed by atoms with Crippen molar-refractivity contribution in [2.45, 2.75) is 18.7 Å². The van der Waals surface area contributed by atoms with Crippen molar-refractivity contribution in [3.05, 3.63) is 60.0 Å². The fourth-order valence-electron chi connectivity index (χ4n) is 2.36. The number of hydrogen-bond acceptors (Lipinski definition) is 5. The summed E-state index contributed by atoms with van der Waals surface area (Å²) in [5.41, 5.74) is 2.80. The fourth-order valence-corrected chi connectivity index (χ4v) is 3.52. The average Bonchev–Trinajstić information content (AvgIpc) is 3.11. The monoisotopic (exact) mass is 358 g/mol. The molecule has 25 heavy (non-hydrogen) atoms. The molecule has 1 heterocycles. The van der Waals surface area contributed by atoms with Crippen molar-refractivity contribution in [3.63, 3.8) is 0 Å². The zero-order valence-electron chi connectivity index (χ0n) is 14.1. The van der Waals surface area contributed by atoms with Crippen LogP contribution in [0.5, 0.6) is 5.75 Å². The zero-order chi connectivity index (χ0) is 18.0. The largest absolute Gasteiger partial charge is 0.497 e. The van der Waals surface area contributed by atoms with Crippen LogP contribution in [0.1, 0.15) is 11.1 Å². The van der Waals surface area contributed by atoms with Gasteiger partial charge in [0.25, 0.3) is 10.0 Å². The summed E-state index contributed by atoms with van der Waals surface area (Å²) in [5, 5.41) is 0. The summed E-state index contributed by atoms with van der Waals surface area (Å²) in [5.74, 6) is 0.874. The Labute approximate surface area is 146 Å². The van der Waals surface area contributed by atoms with Gasteiger partial charge in [0.2, 0.25) is 5.89 Å². The molecule has 3 aromatic rings. The minimum atomic E-state index is -3.75. The van der Waals surface area contributed by atoms with Crippen molar-refractivity contribution in [2.24, 2.45) is 0 Å². The number of anilines is 1. The molecule has 7 heteroatoms. The maximum absolute atomic E-state index is 12.7. The van der Waals surface area contributed by atoms with Crippen molar-refractivity contribution in [3.8, 4) is 17.2 Å². The minimum Gasteiger partial charge on any atom is -0.497 e. The fraction of sp³-hybridized carbons (Fsp3) is 0.167. The standard InChI is InChI=1S/C18H18N2O4S/c1-12-4-6-15(10-13(12)2)25(21,22)20-17-7-5-14(23-3)11-16(17)18-19-8-9-24-18/h4-11,20H,1-3H3. The summed E-state index contributed by atoms with van der Waals surface area (Å²) in [6, 6.07) is 9.98.